The zero-order chi connectivity index (χ0) is 13.8. The number of nitrogens with two attached hydrogens (primary N) is 1. The summed E-state index contributed by atoms with van der Waals surface area (Å²) in [7, 11) is 0.469. The first kappa shape index (κ1) is 14.6. The van der Waals surface area contributed by atoms with Gasteiger partial charge in [-0.2, -0.15) is 0 Å². The van der Waals surface area contributed by atoms with Crippen molar-refractivity contribution in [2.75, 3.05) is 27.6 Å². The Morgan fingerprint density at radius 3 is 2.00 bits per heavy atom. The van der Waals surface area contributed by atoms with Gasteiger partial charge in [-0.15, -0.1) is 0 Å². The molecule has 1 unspecified atom stereocenters. The molecule has 0 spiro atoms. The van der Waals surface area contributed by atoms with Gasteiger partial charge >= 0.3 is 7.60 Å². The van der Waals surface area contributed by atoms with Gasteiger partial charge in [-0.05, 0) is 0 Å². The highest BCUT2D eigenvalue weighted by atomic mass is 31.2. The van der Waals surface area contributed by atoms with E-state index in [0.29, 0.717) is 17.2 Å². The molecule has 0 fully saturated rings. The smallest absolute Gasteiger partial charge is 0.390 e. The number of methoxy groups -OCH3 is 3. The molecule has 0 heterocycles. The first-order valence-electron chi connectivity index (χ1n) is 4.99. The standard InChI is InChI=1S/C10H16NO6P/c1-14-8-4-7(17-18(12,13)6-11)5-9(15-2)10(8)16-3/h4-5H,6,11H2,1-3H3,(H,12,13). The highest BCUT2D eigenvalue weighted by Crippen LogP contribution is 2.46. The summed E-state index contributed by atoms with van der Waals surface area (Å²) in [4.78, 5) is 9.33. The maximum absolute atomic E-state index is 11.4. The Bertz CT molecular complexity index is 439. The Kier molecular flexibility index (Phi) is 4.84. The van der Waals surface area contributed by atoms with Gasteiger partial charge < -0.3 is 29.4 Å². The third-order valence-corrected chi connectivity index (χ3v) is 3.07. The van der Waals surface area contributed by atoms with Crippen molar-refractivity contribution in [2.24, 2.45) is 5.73 Å². The van der Waals surface area contributed by atoms with Crippen LogP contribution in [0.4, 0.5) is 0 Å². The van der Waals surface area contributed by atoms with Crippen LogP contribution in [0.25, 0.3) is 0 Å². The van der Waals surface area contributed by atoms with Gasteiger partial charge in [-0.1, -0.05) is 0 Å². The van der Waals surface area contributed by atoms with Crippen LogP contribution in [0.15, 0.2) is 12.1 Å². The van der Waals surface area contributed by atoms with Gasteiger partial charge in [-0.25, -0.2) is 4.57 Å². The Morgan fingerprint density at radius 1 is 1.17 bits per heavy atom. The fourth-order valence-corrected chi connectivity index (χ4v) is 1.82. The molecule has 8 heteroatoms. The van der Waals surface area contributed by atoms with Crippen LogP contribution < -0.4 is 24.5 Å². The molecule has 18 heavy (non-hydrogen) atoms. The Morgan fingerprint density at radius 2 is 1.67 bits per heavy atom. The maximum atomic E-state index is 11.4. The minimum Gasteiger partial charge on any atom is -0.493 e. The van der Waals surface area contributed by atoms with Crippen LogP contribution in [0, 0.1) is 0 Å². The van der Waals surface area contributed by atoms with Crippen molar-refractivity contribution < 1.29 is 28.2 Å². The lowest BCUT2D eigenvalue weighted by Gasteiger charge is -2.16. The van der Waals surface area contributed by atoms with Crippen molar-refractivity contribution in [3.05, 3.63) is 12.1 Å². The number of benzene rings is 1. The zero-order valence-electron chi connectivity index (χ0n) is 10.4. The van der Waals surface area contributed by atoms with E-state index < -0.39 is 13.9 Å². The third-order valence-electron chi connectivity index (χ3n) is 2.12. The van der Waals surface area contributed by atoms with E-state index in [1.165, 1.54) is 33.5 Å². The van der Waals surface area contributed by atoms with E-state index in [-0.39, 0.29) is 5.75 Å². The van der Waals surface area contributed by atoms with Crippen molar-refractivity contribution in [3.63, 3.8) is 0 Å². The molecule has 0 saturated heterocycles. The van der Waals surface area contributed by atoms with Crippen molar-refractivity contribution >= 4 is 7.60 Å². The Balaban J connectivity index is 3.19. The molecule has 1 aromatic rings. The van der Waals surface area contributed by atoms with E-state index in [9.17, 15) is 9.46 Å². The molecule has 1 rings (SSSR count). The normalized spacial score (nSPS) is 13.6. The van der Waals surface area contributed by atoms with Crippen molar-refractivity contribution in [1.82, 2.24) is 0 Å². The van der Waals surface area contributed by atoms with Gasteiger partial charge in [0.05, 0.1) is 21.3 Å². The summed E-state index contributed by atoms with van der Waals surface area (Å²) in [5.41, 5.74) is 5.13. The van der Waals surface area contributed by atoms with Gasteiger partial charge in [0, 0.05) is 12.1 Å². The highest BCUT2D eigenvalue weighted by Gasteiger charge is 2.21. The van der Waals surface area contributed by atoms with Crippen LogP contribution in [-0.4, -0.2) is 32.5 Å². The summed E-state index contributed by atoms with van der Waals surface area (Å²) in [6.07, 6.45) is -0.482. The molecule has 1 atom stereocenters. The second kappa shape index (κ2) is 5.95. The van der Waals surface area contributed by atoms with Gasteiger partial charge in [0.15, 0.2) is 11.5 Å². The molecule has 0 saturated carbocycles. The summed E-state index contributed by atoms with van der Waals surface area (Å²) < 4.78 is 31.6. The fraction of sp³-hybridized carbons (Fsp3) is 0.400. The molecular formula is C10H16NO6P. The lowest BCUT2D eigenvalue weighted by molar-refractivity contribution is 0.320. The summed E-state index contributed by atoms with van der Waals surface area (Å²) >= 11 is 0. The first-order valence-corrected chi connectivity index (χ1v) is 6.75. The molecule has 0 amide bonds. The van der Waals surface area contributed by atoms with Crippen LogP contribution >= 0.6 is 7.60 Å². The van der Waals surface area contributed by atoms with E-state index in [1.807, 2.05) is 0 Å². The molecule has 0 aliphatic carbocycles. The lowest BCUT2D eigenvalue weighted by atomic mass is 10.2. The predicted octanol–water partition coefficient (Wildman–Crippen LogP) is 1.19. The van der Waals surface area contributed by atoms with E-state index in [1.54, 1.807) is 0 Å². The van der Waals surface area contributed by atoms with Crippen LogP contribution in [0.2, 0.25) is 0 Å². The van der Waals surface area contributed by atoms with Gasteiger partial charge in [-0.3, -0.25) is 0 Å². The molecule has 1 aromatic carbocycles. The quantitative estimate of drug-likeness (QED) is 0.753. The van der Waals surface area contributed by atoms with E-state index in [4.69, 9.17) is 24.5 Å². The van der Waals surface area contributed by atoms with Crippen molar-refractivity contribution in [1.29, 1.82) is 0 Å². The average molecular weight is 277 g/mol. The van der Waals surface area contributed by atoms with E-state index in [2.05, 4.69) is 0 Å². The van der Waals surface area contributed by atoms with Crippen molar-refractivity contribution in [2.45, 2.75) is 0 Å². The second-order valence-electron chi connectivity index (χ2n) is 3.27. The molecule has 3 N–H and O–H groups in total. The van der Waals surface area contributed by atoms with E-state index >= 15 is 0 Å². The average Bonchev–Trinajstić information content (AvgIpc) is 2.37. The zero-order valence-corrected chi connectivity index (χ0v) is 11.3. The van der Waals surface area contributed by atoms with Crippen LogP contribution in [0.3, 0.4) is 0 Å². The Hall–Kier alpha value is -1.43. The van der Waals surface area contributed by atoms with E-state index in [0.717, 1.165) is 0 Å². The third kappa shape index (κ3) is 3.29. The summed E-state index contributed by atoms with van der Waals surface area (Å²) in [5, 5.41) is 0. The van der Waals surface area contributed by atoms with Crippen molar-refractivity contribution in [3.8, 4) is 23.0 Å². The number of hydrogen-bond acceptors (Lipinski definition) is 6. The highest BCUT2D eigenvalue weighted by molar-refractivity contribution is 7.53. The lowest BCUT2D eigenvalue weighted by Crippen LogP contribution is -2.05. The molecule has 7 nitrogen and oxygen atoms in total. The maximum Gasteiger partial charge on any atom is 0.390 e. The minimum atomic E-state index is -3.85. The first-order chi connectivity index (χ1) is 8.47. The predicted molar refractivity (Wildman–Crippen MR) is 65.6 cm³/mol. The minimum absolute atomic E-state index is 0.112. The summed E-state index contributed by atoms with van der Waals surface area (Å²) in [6, 6.07) is 2.83. The molecule has 102 valence electrons. The fourth-order valence-electron chi connectivity index (χ4n) is 1.31. The van der Waals surface area contributed by atoms with Gasteiger partial charge in [0.1, 0.15) is 12.0 Å². The Labute approximate surface area is 105 Å². The van der Waals surface area contributed by atoms with Crippen LogP contribution in [0.1, 0.15) is 0 Å². The molecule has 0 radical (unpaired) electrons. The number of ether oxygens (including phenoxy) is 3. The van der Waals surface area contributed by atoms with Crippen LogP contribution in [-0.2, 0) is 4.57 Å². The summed E-state index contributed by atoms with van der Waals surface area (Å²) in [5.74, 6) is 1.13. The number of rotatable bonds is 6. The topological polar surface area (TPSA) is 100 Å². The van der Waals surface area contributed by atoms with Crippen LogP contribution in [0.5, 0.6) is 23.0 Å². The monoisotopic (exact) mass is 277 g/mol. The molecule has 0 aromatic heterocycles. The number of hydrogen-bond donors (Lipinski definition) is 2. The van der Waals surface area contributed by atoms with Gasteiger partial charge in [0.2, 0.25) is 5.75 Å². The largest absolute Gasteiger partial charge is 0.493 e. The van der Waals surface area contributed by atoms with Gasteiger partial charge in [0.25, 0.3) is 0 Å². The summed E-state index contributed by atoms with van der Waals surface area (Å²) in [6.45, 7) is 0. The second-order valence-corrected chi connectivity index (χ2v) is 5.09. The SMILES string of the molecule is COc1cc(OP(=O)(O)CN)cc(OC)c1OC. The molecule has 0 aliphatic heterocycles. The molecule has 0 aliphatic rings. The molecule has 0 bridgehead atoms. The molecular weight excluding hydrogens is 261 g/mol.